The number of benzene rings is 1. The monoisotopic (exact) mass is 286 g/mol. The van der Waals surface area contributed by atoms with Crippen LogP contribution in [0.15, 0.2) is 18.2 Å². The molecular formula is C15H21F3N2. The molecule has 1 heterocycles. The first-order valence-corrected chi connectivity index (χ1v) is 7.08. The van der Waals surface area contributed by atoms with Crippen LogP contribution >= 0.6 is 0 Å². The number of alkyl halides is 3. The predicted molar refractivity (Wildman–Crippen MR) is 74.9 cm³/mol. The third-order valence-electron chi connectivity index (χ3n) is 3.91. The van der Waals surface area contributed by atoms with Crippen LogP contribution in [0.5, 0.6) is 0 Å². The molecule has 5 heteroatoms. The second kappa shape index (κ2) is 6.04. The van der Waals surface area contributed by atoms with Gasteiger partial charge in [0.2, 0.25) is 0 Å². The van der Waals surface area contributed by atoms with Crippen molar-refractivity contribution in [2.45, 2.75) is 44.9 Å². The molecule has 1 fully saturated rings. The van der Waals surface area contributed by atoms with Gasteiger partial charge in [0.15, 0.2) is 0 Å². The van der Waals surface area contributed by atoms with Crippen LogP contribution in [0.2, 0.25) is 0 Å². The molecule has 0 aliphatic carbocycles. The van der Waals surface area contributed by atoms with Crippen molar-refractivity contribution in [3.63, 3.8) is 0 Å². The quantitative estimate of drug-likeness (QED) is 0.905. The van der Waals surface area contributed by atoms with E-state index in [-0.39, 0.29) is 6.04 Å². The van der Waals surface area contributed by atoms with Gasteiger partial charge in [-0.05, 0) is 44.0 Å². The second-order valence-corrected chi connectivity index (χ2v) is 5.28. The molecule has 1 aliphatic heterocycles. The molecule has 2 nitrogen and oxygen atoms in total. The van der Waals surface area contributed by atoms with Crippen molar-refractivity contribution >= 4 is 5.69 Å². The van der Waals surface area contributed by atoms with E-state index in [2.05, 4.69) is 5.32 Å². The second-order valence-electron chi connectivity index (χ2n) is 5.28. The maximum atomic E-state index is 13.3. The molecule has 20 heavy (non-hydrogen) atoms. The van der Waals surface area contributed by atoms with E-state index in [1.807, 2.05) is 11.8 Å². The molecule has 1 N–H and O–H groups in total. The summed E-state index contributed by atoms with van der Waals surface area (Å²) in [6.07, 6.45) is -1.48. The number of rotatable bonds is 4. The Morgan fingerprint density at radius 3 is 2.70 bits per heavy atom. The summed E-state index contributed by atoms with van der Waals surface area (Å²) in [4.78, 5) is 1.92. The van der Waals surface area contributed by atoms with E-state index in [4.69, 9.17) is 0 Å². The molecule has 1 unspecified atom stereocenters. The van der Waals surface area contributed by atoms with E-state index in [1.54, 1.807) is 19.2 Å². The minimum Gasteiger partial charge on any atom is -0.368 e. The molecule has 0 saturated carbocycles. The van der Waals surface area contributed by atoms with E-state index in [1.165, 1.54) is 6.07 Å². The molecule has 0 spiro atoms. The lowest BCUT2D eigenvalue weighted by Crippen LogP contribution is -2.30. The van der Waals surface area contributed by atoms with Gasteiger partial charge in [-0.3, -0.25) is 0 Å². The standard InChI is InChI=1S/C15H21F3N2/c1-3-12-5-4-8-20(12)14-7-6-11(10-19-2)9-13(14)15(16,17)18/h6-7,9,12,19H,3-5,8,10H2,1-2H3. The van der Waals surface area contributed by atoms with E-state index >= 15 is 0 Å². The third-order valence-corrected chi connectivity index (χ3v) is 3.91. The first-order valence-electron chi connectivity index (χ1n) is 7.08. The van der Waals surface area contributed by atoms with Crippen molar-refractivity contribution in [2.24, 2.45) is 0 Å². The summed E-state index contributed by atoms with van der Waals surface area (Å²) in [5, 5.41) is 2.89. The lowest BCUT2D eigenvalue weighted by atomic mass is 10.1. The normalized spacial score (nSPS) is 19.6. The van der Waals surface area contributed by atoms with Crippen molar-refractivity contribution in [3.05, 3.63) is 29.3 Å². The zero-order valence-electron chi connectivity index (χ0n) is 11.9. The minimum atomic E-state index is -4.31. The van der Waals surface area contributed by atoms with Gasteiger partial charge in [0.1, 0.15) is 0 Å². The van der Waals surface area contributed by atoms with Crippen LogP contribution in [0.1, 0.15) is 37.3 Å². The number of nitrogens with zero attached hydrogens (tertiary/aromatic N) is 1. The van der Waals surface area contributed by atoms with Gasteiger partial charge < -0.3 is 10.2 Å². The highest BCUT2D eigenvalue weighted by Crippen LogP contribution is 2.40. The Hall–Kier alpha value is -1.23. The fourth-order valence-corrected chi connectivity index (χ4v) is 2.95. The number of anilines is 1. The van der Waals surface area contributed by atoms with Crippen molar-refractivity contribution in [1.82, 2.24) is 5.32 Å². The third kappa shape index (κ3) is 3.08. The molecule has 0 aromatic heterocycles. The minimum absolute atomic E-state index is 0.228. The topological polar surface area (TPSA) is 15.3 Å². The number of nitrogens with one attached hydrogen (secondary N) is 1. The smallest absolute Gasteiger partial charge is 0.368 e. The number of hydrogen-bond acceptors (Lipinski definition) is 2. The molecule has 112 valence electrons. The van der Waals surface area contributed by atoms with Gasteiger partial charge in [-0.25, -0.2) is 0 Å². The molecular weight excluding hydrogens is 265 g/mol. The van der Waals surface area contributed by atoms with Crippen molar-refractivity contribution < 1.29 is 13.2 Å². The van der Waals surface area contributed by atoms with Gasteiger partial charge >= 0.3 is 6.18 Å². The van der Waals surface area contributed by atoms with Gasteiger partial charge in [0.05, 0.1) is 5.56 Å². The summed E-state index contributed by atoms with van der Waals surface area (Å²) in [6.45, 7) is 3.19. The molecule has 1 saturated heterocycles. The summed E-state index contributed by atoms with van der Waals surface area (Å²) in [6, 6.07) is 4.91. The van der Waals surface area contributed by atoms with Crippen LogP contribution in [0.3, 0.4) is 0 Å². The van der Waals surface area contributed by atoms with Crippen LogP contribution < -0.4 is 10.2 Å². The Morgan fingerprint density at radius 1 is 1.35 bits per heavy atom. The van der Waals surface area contributed by atoms with E-state index in [0.29, 0.717) is 24.3 Å². The molecule has 1 aromatic carbocycles. The lowest BCUT2D eigenvalue weighted by Gasteiger charge is -2.29. The SMILES string of the molecule is CCC1CCCN1c1ccc(CNC)cc1C(F)(F)F. The first kappa shape index (κ1) is 15.2. The van der Waals surface area contributed by atoms with Crippen LogP contribution in [0.25, 0.3) is 0 Å². The fourth-order valence-electron chi connectivity index (χ4n) is 2.95. The van der Waals surface area contributed by atoms with E-state index < -0.39 is 11.7 Å². The summed E-state index contributed by atoms with van der Waals surface area (Å²) in [5.74, 6) is 0. The lowest BCUT2D eigenvalue weighted by molar-refractivity contribution is -0.137. The average Bonchev–Trinajstić information content (AvgIpc) is 2.86. The summed E-state index contributed by atoms with van der Waals surface area (Å²) < 4.78 is 39.9. The zero-order valence-corrected chi connectivity index (χ0v) is 11.9. The Kier molecular flexibility index (Phi) is 4.58. The summed E-state index contributed by atoms with van der Waals surface area (Å²) >= 11 is 0. The van der Waals surface area contributed by atoms with Crippen LogP contribution in [-0.2, 0) is 12.7 Å². The van der Waals surface area contributed by atoms with Gasteiger partial charge in [-0.1, -0.05) is 13.0 Å². The molecule has 0 amide bonds. The summed E-state index contributed by atoms with van der Waals surface area (Å²) in [7, 11) is 1.73. The summed E-state index contributed by atoms with van der Waals surface area (Å²) in [5.41, 5.74) is 0.489. The van der Waals surface area contributed by atoms with E-state index in [0.717, 1.165) is 19.3 Å². The van der Waals surface area contributed by atoms with Crippen LogP contribution in [0.4, 0.5) is 18.9 Å². The highest BCUT2D eigenvalue weighted by molar-refractivity contribution is 5.57. The average molecular weight is 286 g/mol. The number of halogens is 3. The Labute approximate surface area is 118 Å². The molecule has 1 aliphatic rings. The van der Waals surface area contributed by atoms with Gasteiger partial charge in [-0.15, -0.1) is 0 Å². The molecule has 0 bridgehead atoms. The van der Waals surface area contributed by atoms with Gasteiger partial charge in [0, 0.05) is 24.8 Å². The fraction of sp³-hybridized carbons (Fsp3) is 0.600. The largest absolute Gasteiger partial charge is 0.418 e. The van der Waals surface area contributed by atoms with Crippen LogP contribution in [-0.4, -0.2) is 19.6 Å². The maximum Gasteiger partial charge on any atom is 0.418 e. The molecule has 2 rings (SSSR count). The number of hydrogen-bond donors (Lipinski definition) is 1. The molecule has 1 atom stereocenters. The Bertz CT molecular complexity index is 457. The first-order chi connectivity index (χ1) is 9.47. The highest BCUT2D eigenvalue weighted by Gasteiger charge is 2.37. The predicted octanol–water partition coefficient (Wildman–Crippen LogP) is 3.80. The van der Waals surface area contributed by atoms with E-state index in [9.17, 15) is 13.2 Å². The highest BCUT2D eigenvalue weighted by atomic mass is 19.4. The van der Waals surface area contributed by atoms with Crippen molar-refractivity contribution in [3.8, 4) is 0 Å². The molecule has 0 radical (unpaired) electrons. The van der Waals surface area contributed by atoms with Gasteiger partial charge in [0.25, 0.3) is 0 Å². The zero-order chi connectivity index (χ0) is 14.8. The van der Waals surface area contributed by atoms with Crippen molar-refractivity contribution in [2.75, 3.05) is 18.5 Å². The van der Waals surface area contributed by atoms with Crippen LogP contribution in [0, 0.1) is 0 Å². The van der Waals surface area contributed by atoms with Gasteiger partial charge in [-0.2, -0.15) is 13.2 Å². The Morgan fingerprint density at radius 2 is 2.10 bits per heavy atom. The Balaban J connectivity index is 2.41. The molecule has 1 aromatic rings. The maximum absolute atomic E-state index is 13.3. The van der Waals surface area contributed by atoms with Crippen molar-refractivity contribution in [1.29, 1.82) is 0 Å².